The second kappa shape index (κ2) is 7.17. The number of hydrogen-bond acceptors (Lipinski definition) is 4. The Morgan fingerprint density at radius 2 is 1.64 bits per heavy atom. The molecule has 0 aliphatic heterocycles. The average Bonchev–Trinajstić information content (AvgIpc) is 2.50. The number of hydrogen-bond donors (Lipinski definition) is 0. The summed E-state index contributed by atoms with van der Waals surface area (Å²) < 4.78 is 0. The van der Waals surface area contributed by atoms with Crippen molar-refractivity contribution in [3.05, 3.63) is 57.1 Å². The zero-order valence-corrected chi connectivity index (χ0v) is 13.1. The number of carbonyl (C=O) groups excluding carboxylic acids is 2. The molecule has 0 radical (unpaired) electrons. The molecule has 22 heavy (non-hydrogen) atoms. The Hall–Kier alpha value is -2.22. The van der Waals surface area contributed by atoms with Gasteiger partial charge in [0.2, 0.25) is 12.2 Å². The molecule has 110 valence electrons. The molecule has 0 fully saturated rings. The van der Waals surface area contributed by atoms with Gasteiger partial charge in [0.25, 0.3) is 0 Å². The fraction of sp³-hybridized carbons (Fsp3) is 0.125. The second-order valence-electron chi connectivity index (χ2n) is 4.53. The van der Waals surface area contributed by atoms with E-state index in [2.05, 4.69) is 9.98 Å². The van der Waals surface area contributed by atoms with Gasteiger partial charge in [0, 0.05) is 6.42 Å². The summed E-state index contributed by atoms with van der Waals surface area (Å²) in [6.45, 7) is 1.76. The molecule has 2 aromatic rings. The Bertz CT molecular complexity index is 821. The van der Waals surface area contributed by atoms with Crippen LogP contribution in [-0.2, 0) is 16.0 Å². The molecule has 0 unspecified atom stereocenters. The van der Waals surface area contributed by atoms with Crippen LogP contribution in [0.5, 0.6) is 0 Å². The maximum atomic E-state index is 10.7. The van der Waals surface area contributed by atoms with Crippen molar-refractivity contribution in [2.75, 3.05) is 0 Å². The lowest BCUT2D eigenvalue weighted by Crippen LogP contribution is -1.92. The van der Waals surface area contributed by atoms with E-state index in [9.17, 15) is 9.59 Å². The van der Waals surface area contributed by atoms with Gasteiger partial charge in [-0.3, -0.25) is 0 Å². The molecule has 0 aromatic heterocycles. The lowest BCUT2D eigenvalue weighted by Gasteiger charge is -2.11. The highest BCUT2D eigenvalue weighted by Gasteiger charge is 2.13. The molecule has 0 N–H and O–H groups in total. The van der Waals surface area contributed by atoms with E-state index in [1.54, 1.807) is 31.2 Å². The smallest absolute Gasteiger partial charge is 0.211 e. The van der Waals surface area contributed by atoms with E-state index in [0.717, 1.165) is 5.56 Å². The molecule has 6 heteroatoms. The van der Waals surface area contributed by atoms with Gasteiger partial charge < -0.3 is 0 Å². The minimum atomic E-state index is 0.286. The molecular formula is C16H10Cl2N2O2. The fourth-order valence-electron chi connectivity index (χ4n) is 2.11. The lowest BCUT2D eigenvalue weighted by atomic mass is 10.00. The highest BCUT2D eigenvalue weighted by molar-refractivity contribution is 6.42. The van der Waals surface area contributed by atoms with Gasteiger partial charge in [0.15, 0.2) is 0 Å². The van der Waals surface area contributed by atoms with Crippen LogP contribution in [0.2, 0.25) is 10.0 Å². The molecule has 0 aliphatic rings. The van der Waals surface area contributed by atoms with Crippen molar-refractivity contribution < 1.29 is 9.59 Å². The molecule has 0 amide bonds. The summed E-state index contributed by atoms with van der Waals surface area (Å²) in [6, 6.07) is 8.88. The first kappa shape index (κ1) is 16.2. The first-order valence-corrected chi connectivity index (χ1v) is 7.05. The summed E-state index contributed by atoms with van der Waals surface area (Å²) in [5.74, 6) is 0. The third-order valence-corrected chi connectivity index (χ3v) is 4.02. The molecule has 0 aliphatic carbocycles. The molecule has 2 rings (SSSR count). The first-order chi connectivity index (χ1) is 10.6. The van der Waals surface area contributed by atoms with Crippen molar-refractivity contribution in [2.45, 2.75) is 13.3 Å². The van der Waals surface area contributed by atoms with E-state index in [1.165, 1.54) is 12.2 Å². The predicted octanol–water partition coefficient (Wildman–Crippen LogP) is 4.83. The third-order valence-electron chi connectivity index (χ3n) is 3.16. The van der Waals surface area contributed by atoms with Crippen LogP contribution in [0.4, 0.5) is 11.4 Å². The summed E-state index contributed by atoms with van der Waals surface area (Å²) in [7, 11) is 0. The van der Waals surface area contributed by atoms with E-state index in [4.69, 9.17) is 23.2 Å². The van der Waals surface area contributed by atoms with E-state index >= 15 is 0 Å². The van der Waals surface area contributed by atoms with E-state index in [0.29, 0.717) is 33.3 Å². The van der Waals surface area contributed by atoms with Crippen LogP contribution >= 0.6 is 23.2 Å². The number of halogens is 2. The summed E-state index contributed by atoms with van der Waals surface area (Å²) in [5, 5.41) is 0.879. The van der Waals surface area contributed by atoms with Crippen molar-refractivity contribution in [3.8, 4) is 0 Å². The van der Waals surface area contributed by atoms with Crippen LogP contribution < -0.4 is 0 Å². The van der Waals surface area contributed by atoms with Gasteiger partial charge in [-0.2, -0.15) is 9.98 Å². The van der Waals surface area contributed by atoms with Crippen LogP contribution in [0.3, 0.4) is 0 Å². The molecule has 0 heterocycles. The van der Waals surface area contributed by atoms with Gasteiger partial charge >= 0.3 is 0 Å². The average molecular weight is 333 g/mol. The summed E-state index contributed by atoms with van der Waals surface area (Å²) in [4.78, 5) is 28.6. The monoisotopic (exact) mass is 332 g/mol. The molecule has 4 nitrogen and oxygen atoms in total. The number of isocyanates is 2. The molecule has 0 saturated carbocycles. The molecule has 0 bridgehead atoms. The Morgan fingerprint density at radius 3 is 2.32 bits per heavy atom. The topological polar surface area (TPSA) is 58.9 Å². The molecule has 0 saturated heterocycles. The van der Waals surface area contributed by atoms with Gasteiger partial charge in [-0.05, 0) is 29.7 Å². The van der Waals surface area contributed by atoms with Crippen molar-refractivity contribution in [2.24, 2.45) is 9.98 Å². The SMILES string of the molecule is Cc1ccc(Cc2cccc(Cl)c2Cl)c(N=C=O)c1N=C=O. The third kappa shape index (κ3) is 3.33. The second-order valence-corrected chi connectivity index (χ2v) is 5.32. The van der Waals surface area contributed by atoms with Crippen LogP contribution in [0.1, 0.15) is 16.7 Å². The van der Waals surface area contributed by atoms with Gasteiger partial charge in [-0.25, -0.2) is 9.59 Å². The number of rotatable bonds is 4. The molecule has 2 aromatic carbocycles. The minimum absolute atomic E-state index is 0.286. The number of aliphatic imine (C=N–C) groups is 2. The van der Waals surface area contributed by atoms with E-state index < -0.39 is 0 Å². The Kier molecular flexibility index (Phi) is 5.26. The minimum Gasteiger partial charge on any atom is -0.211 e. The molecular weight excluding hydrogens is 323 g/mol. The Labute approximate surface area is 137 Å². The number of nitrogens with zero attached hydrogens (tertiary/aromatic N) is 2. The summed E-state index contributed by atoms with van der Waals surface area (Å²) >= 11 is 12.2. The molecule has 0 spiro atoms. The lowest BCUT2D eigenvalue weighted by molar-refractivity contribution is 0.564. The summed E-state index contributed by atoms with van der Waals surface area (Å²) in [5.41, 5.74) is 2.76. The number of benzene rings is 2. The van der Waals surface area contributed by atoms with Crippen molar-refractivity contribution in [1.29, 1.82) is 0 Å². The highest BCUT2D eigenvalue weighted by atomic mass is 35.5. The zero-order valence-electron chi connectivity index (χ0n) is 11.6. The Balaban J connectivity index is 2.60. The maximum Gasteiger partial charge on any atom is 0.240 e. The maximum absolute atomic E-state index is 10.7. The van der Waals surface area contributed by atoms with Gasteiger partial charge in [0.1, 0.15) is 11.4 Å². The normalized spacial score (nSPS) is 9.77. The van der Waals surface area contributed by atoms with Crippen molar-refractivity contribution in [1.82, 2.24) is 0 Å². The summed E-state index contributed by atoms with van der Waals surface area (Å²) in [6.07, 6.45) is 3.35. The van der Waals surface area contributed by atoms with Crippen LogP contribution in [0.25, 0.3) is 0 Å². The quantitative estimate of drug-likeness (QED) is 0.594. The predicted molar refractivity (Wildman–Crippen MR) is 86.0 cm³/mol. The van der Waals surface area contributed by atoms with Crippen LogP contribution in [-0.4, -0.2) is 12.2 Å². The first-order valence-electron chi connectivity index (χ1n) is 6.29. The van der Waals surface area contributed by atoms with Gasteiger partial charge in [-0.15, -0.1) is 0 Å². The highest BCUT2D eigenvalue weighted by Crippen LogP contribution is 2.37. The van der Waals surface area contributed by atoms with Crippen LogP contribution in [0.15, 0.2) is 40.3 Å². The zero-order chi connectivity index (χ0) is 16.1. The van der Waals surface area contributed by atoms with Gasteiger partial charge in [-0.1, -0.05) is 47.5 Å². The fourth-order valence-corrected chi connectivity index (χ4v) is 2.50. The van der Waals surface area contributed by atoms with Crippen molar-refractivity contribution in [3.63, 3.8) is 0 Å². The van der Waals surface area contributed by atoms with Gasteiger partial charge in [0.05, 0.1) is 10.0 Å². The Morgan fingerprint density at radius 1 is 0.955 bits per heavy atom. The standard InChI is InChI=1S/C16H10Cl2N2O2/c1-10-5-6-12(16(20-9-22)15(10)19-8-21)7-11-3-2-4-13(17)14(11)18/h2-6H,7H2,1H3. The van der Waals surface area contributed by atoms with Crippen molar-refractivity contribution >= 4 is 46.7 Å². The number of aryl methyl sites for hydroxylation is 1. The molecule has 0 atom stereocenters. The van der Waals surface area contributed by atoms with E-state index in [-0.39, 0.29) is 5.69 Å². The van der Waals surface area contributed by atoms with Crippen LogP contribution in [0, 0.1) is 6.92 Å². The largest absolute Gasteiger partial charge is 0.240 e. The van der Waals surface area contributed by atoms with E-state index in [1.807, 2.05) is 6.07 Å².